The normalized spacial score (nSPS) is 3.00. The standard InChI is InChI=1S/C2H6O.2ClH.O.V/c1-2-3;;;;/h3H,2H2,1H3;2*1H;;. The van der Waals surface area contributed by atoms with Crippen molar-refractivity contribution in [2.75, 3.05) is 6.61 Å². The van der Waals surface area contributed by atoms with Gasteiger partial charge in [-0.15, -0.1) is 24.8 Å². The number of hydrogen-bond donors (Lipinski definition) is 1. The molecule has 0 atom stereocenters. The molecule has 47 valence electrons. The Morgan fingerprint density at radius 3 is 1.43 bits per heavy atom. The predicted molar refractivity (Wildman–Crippen MR) is 27.9 cm³/mol. The number of hydrogen-bond acceptors (Lipinski definition) is 2. The first kappa shape index (κ1) is 24.7. The Kier molecular flexibility index (Phi) is 231. The van der Waals surface area contributed by atoms with Gasteiger partial charge in [-0.3, -0.25) is 0 Å². The third kappa shape index (κ3) is 196. The van der Waals surface area contributed by atoms with Gasteiger partial charge in [-0.25, -0.2) is 0 Å². The molecule has 0 radical (unpaired) electrons. The summed E-state index contributed by atoms with van der Waals surface area (Å²) >= 11 is 1.06. The van der Waals surface area contributed by atoms with E-state index in [-0.39, 0.29) is 31.4 Å². The van der Waals surface area contributed by atoms with Crippen molar-refractivity contribution in [3.63, 3.8) is 0 Å². The van der Waals surface area contributed by atoms with E-state index in [0.717, 1.165) is 17.4 Å². The Labute approximate surface area is 64.7 Å². The van der Waals surface area contributed by atoms with Gasteiger partial charge in [-0.05, 0) is 6.92 Å². The van der Waals surface area contributed by atoms with E-state index in [2.05, 4.69) is 0 Å². The fraction of sp³-hybridized carbons (Fsp3) is 1.00. The second kappa shape index (κ2) is 65.6. The van der Waals surface area contributed by atoms with E-state index in [4.69, 9.17) is 8.78 Å². The molecule has 0 amide bonds. The molecule has 1 N–H and O–H groups in total. The molecule has 5 heteroatoms. The van der Waals surface area contributed by atoms with Gasteiger partial charge in [-0.2, -0.15) is 0 Å². The summed E-state index contributed by atoms with van der Waals surface area (Å²) in [5.41, 5.74) is 0. The first-order chi connectivity index (χ1) is 2.41. The predicted octanol–water partition coefficient (Wildman–Crippen LogP) is 0.721. The molecule has 0 saturated heterocycles. The summed E-state index contributed by atoms with van der Waals surface area (Å²) in [6, 6.07) is 0. The maximum absolute atomic E-state index is 8.19. The van der Waals surface area contributed by atoms with Crippen LogP contribution in [0.1, 0.15) is 6.92 Å². The van der Waals surface area contributed by atoms with Crippen molar-refractivity contribution in [3.05, 3.63) is 0 Å². The first-order valence-corrected chi connectivity index (χ1v) is 1.78. The Morgan fingerprint density at radius 1 is 1.43 bits per heavy atom. The van der Waals surface area contributed by atoms with Crippen molar-refractivity contribution in [1.29, 1.82) is 0 Å². The fourth-order valence-electron chi connectivity index (χ4n) is 0. The van der Waals surface area contributed by atoms with E-state index in [9.17, 15) is 0 Å². The van der Waals surface area contributed by atoms with Gasteiger partial charge in [-0.1, -0.05) is 0 Å². The molecular formula is C2H8Cl2O2V. The second-order valence-electron chi connectivity index (χ2n) is 0.316. The summed E-state index contributed by atoms with van der Waals surface area (Å²) in [6.45, 7) is 1.93. The van der Waals surface area contributed by atoms with Crippen molar-refractivity contribution < 1.29 is 26.1 Å². The average molecular weight is 186 g/mol. The second-order valence-corrected chi connectivity index (χ2v) is 0.316. The van der Waals surface area contributed by atoms with Crippen molar-refractivity contribution in [2.24, 2.45) is 0 Å². The van der Waals surface area contributed by atoms with Gasteiger partial charge in [0, 0.05) is 6.61 Å². The molecule has 2 nitrogen and oxygen atoms in total. The molecule has 7 heavy (non-hydrogen) atoms. The Bertz CT molecular complexity index is 17.7. The van der Waals surface area contributed by atoms with Gasteiger partial charge in [0.2, 0.25) is 0 Å². The zero-order chi connectivity index (χ0) is 4.71. The van der Waals surface area contributed by atoms with E-state index in [1.54, 1.807) is 6.92 Å². The van der Waals surface area contributed by atoms with Crippen molar-refractivity contribution >= 4 is 24.8 Å². The molecule has 0 aromatic heterocycles. The maximum atomic E-state index is 8.19. The molecule has 0 heterocycles. The van der Waals surface area contributed by atoms with Gasteiger partial charge < -0.3 is 5.11 Å². The molecule has 0 rings (SSSR count). The summed E-state index contributed by atoms with van der Waals surface area (Å²) in [7, 11) is 0. The minimum absolute atomic E-state index is 0. The van der Waals surface area contributed by atoms with Gasteiger partial charge >= 0.3 is 21.0 Å². The summed E-state index contributed by atoms with van der Waals surface area (Å²) in [5, 5.41) is 7.57. The third-order valence-corrected chi connectivity index (χ3v) is 0. The molecule has 0 aliphatic rings. The van der Waals surface area contributed by atoms with Crippen molar-refractivity contribution in [1.82, 2.24) is 0 Å². The topological polar surface area (TPSA) is 37.3 Å². The molecule has 0 unspecified atom stereocenters. The van der Waals surface area contributed by atoms with Crippen molar-refractivity contribution in [3.8, 4) is 0 Å². The molecule has 0 aliphatic heterocycles. The van der Waals surface area contributed by atoms with Crippen LogP contribution in [0.15, 0.2) is 0 Å². The van der Waals surface area contributed by atoms with E-state index < -0.39 is 0 Å². The van der Waals surface area contributed by atoms with E-state index in [0.29, 0.717) is 0 Å². The minimum atomic E-state index is 0. The van der Waals surface area contributed by atoms with Gasteiger partial charge in [0.05, 0.1) is 0 Å². The molecule has 0 bridgehead atoms. The average Bonchev–Trinajstić information content (AvgIpc) is 1.46. The van der Waals surface area contributed by atoms with Gasteiger partial charge in [0.1, 0.15) is 0 Å². The van der Waals surface area contributed by atoms with Gasteiger partial charge in [0.25, 0.3) is 0 Å². The summed E-state index contributed by atoms with van der Waals surface area (Å²) in [5.74, 6) is 0. The van der Waals surface area contributed by atoms with Crippen LogP contribution in [0.4, 0.5) is 0 Å². The molecular weight excluding hydrogens is 178 g/mol. The number of rotatable bonds is 0. The number of aliphatic hydroxyl groups is 1. The molecule has 0 spiro atoms. The van der Waals surface area contributed by atoms with E-state index in [1.807, 2.05) is 0 Å². The Balaban J connectivity index is -0.0000000105. The number of halogens is 2. The van der Waals surface area contributed by atoms with Crippen LogP contribution in [0.2, 0.25) is 0 Å². The fourth-order valence-corrected chi connectivity index (χ4v) is 0. The van der Waals surface area contributed by atoms with Crippen LogP contribution in [0, 0.1) is 0 Å². The van der Waals surface area contributed by atoms with Crippen LogP contribution in [0.3, 0.4) is 0 Å². The van der Waals surface area contributed by atoms with Crippen LogP contribution in [0.25, 0.3) is 0 Å². The van der Waals surface area contributed by atoms with Crippen LogP contribution in [-0.2, 0) is 21.0 Å². The molecule has 0 aromatic carbocycles. The van der Waals surface area contributed by atoms with E-state index in [1.165, 1.54) is 0 Å². The summed E-state index contributed by atoms with van der Waals surface area (Å²) in [6.07, 6.45) is 0. The van der Waals surface area contributed by atoms with Crippen LogP contribution in [0.5, 0.6) is 0 Å². The van der Waals surface area contributed by atoms with E-state index >= 15 is 0 Å². The van der Waals surface area contributed by atoms with Crippen LogP contribution < -0.4 is 0 Å². The first-order valence-electron chi connectivity index (χ1n) is 1.21. The molecule has 0 aliphatic carbocycles. The summed E-state index contributed by atoms with van der Waals surface area (Å²) in [4.78, 5) is 0. The molecule has 0 saturated carbocycles. The van der Waals surface area contributed by atoms with Gasteiger partial charge in [0.15, 0.2) is 0 Å². The Morgan fingerprint density at radius 2 is 1.43 bits per heavy atom. The summed E-state index contributed by atoms with van der Waals surface area (Å²) < 4.78 is 8.19. The quantitative estimate of drug-likeness (QED) is 0.605. The Hall–Kier alpha value is 0.924. The van der Waals surface area contributed by atoms with Crippen LogP contribution in [-0.4, -0.2) is 11.7 Å². The third-order valence-electron chi connectivity index (χ3n) is 0. The van der Waals surface area contributed by atoms with Crippen molar-refractivity contribution in [2.45, 2.75) is 6.92 Å². The zero-order valence-electron chi connectivity index (χ0n) is 3.83. The number of aliphatic hydroxyl groups excluding tert-OH is 1. The molecule has 0 aromatic rings. The zero-order valence-corrected chi connectivity index (χ0v) is 6.86. The van der Waals surface area contributed by atoms with Crippen LogP contribution >= 0.6 is 24.8 Å². The monoisotopic (exact) mass is 185 g/mol. The molecule has 0 fully saturated rings. The SMILES string of the molecule is CCO.Cl.Cl.[O]=[V].